The molecule has 8 nitrogen and oxygen atoms in total. The highest BCUT2D eigenvalue weighted by molar-refractivity contribution is 7.92. The Balaban J connectivity index is 1.86. The summed E-state index contributed by atoms with van der Waals surface area (Å²) in [5, 5.41) is 2.65. The number of amides is 1. The monoisotopic (exact) mass is 483 g/mol. The molecule has 1 fully saturated rings. The summed E-state index contributed by atoms with van der Waals surface area (Å²) in [6, 6.07) is 7.95. The van der Waals surface area contributed by atoms with Crippen LogP contribution in [0.15, 0.2) is 41.3 Å². The molecule has 1 saturated heterocycles. The minimum Gasteiger partial charge on any atom is -0.322 e. The normalized spacial score (nSPS) is 15.0. The smallest absolute Gasteiger partial charge is 0.255 e. The molecule has 2 aromatic carbocycles. The molecule has 0 spiro atoms. The van der Waals surface area contributed by atoms with Gasteiger partial charge in [-0.15, -0.1) is 0 Å². The number of rotatable bonds is 8. The second kappa shape index (κ2) is 9.55. The number of nitrogens with zero attached hydrogens (tertiary/aromatic N) is 1. The number of hydrogen-bond acceptors (Lipinski definition) is 5. The second-order valence-electron chi connectivity index (χ2n) is 7.61. The Kier molecular flexibility index (Phi) is 7.21. The summed E-state index contributed by atoms with van der Waals surface area (Å²) >= 11 is 0. The first-order chi connectivity index (χ1) is 15.0. The Labute approximate surface area is 187 Å². The fourth-order valence-electron chi connectivity index (χ4n) is 3.47. The van der Waals surface area contributed by atoms with Crippen LogP contribution in [0.2, 0.25) is 0 Å². The van der Waals surface area contributed by atoms with Crippen LogP contribution in [0.4, 0.5) is 15.8 Å². The maximum Gasteiger partial charge on any atom is 0.255 e. The molecular formula is C21H26FN3O5S2. The molecule has 0 radical (unpaired) electrons. The molecule has 174 valence electrons. The van der Waals surface area contributed by atoms with E-state index in [-0.39, 0.29) is 11.3 Å². The molecule has 0 atom stereocenters. The van der Waals surface area contributed by atoms with E-state index in [2.05, 4.69) is 10.0 Å². The minimum absolute atomic E-state index is 0.0273. The number of hydrogen-bond donors (Lipinski definition) is 2. The fourth-order valence-corrected chi connectivity index (χ4v) is 6.28. The number of anilines is 2. The summed E-state index contributed by atoms with van der Waals surface area (Å²) in [7, 11) is -7.55. The van der Waals surface area contributed by atoms with Crippen LogP contribution in [0.3, 0.4) is 0 Å². The van der Waals surface area contributed by atoms with Gasteiger partial charge in [0.1, 0.15) is 10.7 Å². The average Bonchev–Trinajstić information content (AvgIpc) is 3.26. The van der Waals surface area contributed by atoms with Crippen molar-refractivity contribution in [1.82, 2.24) is 4.31 Å². The van der Waals surface area contributed by atoms with Crippen molar-refractivity contribution >= 4 is 37.3 Å². The summed E-state index contributed by atoms with van der Waals surface area (Å²) in [4.78, 5) is 12.3. The third kappa shape index (κ3) is 5.28. The van der Waals surface area contributed by atoms with E-state index >= 15 is 0 Å². The Hall–Kier alpha value is -2.50. The fraction of sp³-hybridized carbons (Fsp3) is 0.381. The lowest BCUT2D eigenvalue weighted by Crippen LogP contribution is -2.29. The van der Waals surface area contributed by atoms with Crippen LogP contribution in [-0.4, -0.2) is 45.9 Å². The lowest BCUT2D eigenvalue weighted by Gasteiger charge is -2.17. The quantitative estimate of drug-likeness (QED) is 0.598. The number of halogens is 1. The van der Waals surface area contributed by atoms with Gasteiger partial charge in [-0.2, -0.15) is 4.31 Å². The van der Waals surface area contributed by atoms with Crippen molar-refractivity contribution in [3.8, 4) is 0 Å². The molecule has 3 rings (SSSR count). The van der Waals surface area contributed by atoms with E-state index in [4.69, 9.17) is 0 Å². The maximum atomic E-state index is 14.3. The Bertz CT molecular complexity index is 1220. The van der Waals surface area contributed by atoms with Gasteiger partial charge in [-0.25, -0.2) is 21.2 Å². The molecule has 1 aliphatic rings. The van der Waals surface area contributed by atoms with Crippen LogP contribution >= 0.6 is 0 Å². The Morgan fingerprint density at radius 1 is 1.06 bits per heavy atom. The molecule has 11 heteroatoms. The molecule has 0 saturated carbocycles. The number of nitrogens with one attached hydrogen (secondary N) is 2. The molecule has 0 aliphatic carbocycles. The van der Waals surface area contributed by atoms with E-state index in [1.165, 1.54) is 10.4 Å². The van der Waals surface area contributed by atoms with Crippen LogP contribution in [0.5, 0.6) is 0 Å². The molecule has 2 N–H and O–H groups in total. The molecule has 1 heterocycles. The standard InChI is InChI=1S/C21H26FN3O5S2/c1-3-13-31(27,28)24-19-8-6-7-18(15(19)2)23-21(26)16-9-10-17(22)20(14-16)32(29,30)25-11-4-5-12-25/h6-10,14,24H,3-5,11-13H2,1-2H3,(H,23,26). The first-order valence-electron chi connectivity index (χ1n) is 10.3. The molecular weight excluding hydrogens is 457 g/mol. The predicted octanol–water partition coefficient (Wildman–Crippen LogP) is 3.32. The van der Waals surface area contributed by atoms with Crippen molar-refractivity contribution in [3.05, 3.63) is 53.3 Å². The minimum atomic E-state index is -4.04. The summed E-state index contributed by atoms with van der Waals surface area (Å²) in [5.74, 6) is -1.59. The summed E-state index contributed by atoms with van der Waals surface area (Å²) < 4.78 is 67.7. The van der Waals surface area contributed by atoms with Gasteiger partial charge in [0.05, 0.1) is 11.4 Å². The van der Waals surface area contributed by atoms with Crippen molar-refractivity contribution in [2.24, 2.45) is 0 Å². The molecule has 0 aromatic heterocycles. The van der Waals surface area contributed by atoms with Gasteiger partial charge in [0, 0.05) is 24.3 Å². The first-order valence-corrected chi connectivity index (χ1v) is 13.4. The Morgan fingerprint density at radius 3 is 2.38 bits per heavy atom. The predicted molar refractivity (Wildman–Crippen MR) is 121 cm³/mol. The van der Waals surface area contributed by atoms with E-state index in [0.29, 0.717) is 49.3 Å². The largest absolute Gasteiger partial charge is 0.322 e. The zero-order valence-electron chi connectivity index (χ0n) is 17.9. The number of benzene rings is 2. The van der Waals surface area contributed by atoms with E-state index in [1.807, 2.05) is 0 Å². The van der Waals surface area contributed by atoms with Crippen molar-refractivity contribution in [2.45, 2.75) is 38.0 Å². The summed E-state index contributed by atoms with van der Waals surface area (Å²) in [6.07, 6.45) is 1.87. The van der Waals surface area contributed by atoms with E-state index in [9.17, 15) is 26.0 Å². The number of carbonyl (C=O) groups is 1. The van der Waals surface area contributed by atoms with Gasteiger partial charge >= 0.3 is 0 Å². The van der Waals surface area contributed by atoms with Crippen molar-refractivity contribution in [1.29, 1.82) is 0 Å². The maximum absolute atomic E-state index is 14.3. The number of sulfonamides is 2. The van der Waals surface area contributed by atoms with Gasteiger partial charge in [0.15, 0.2) is 0 Å². The highest BCUT2D eigenvalue weighted by atomic mass is 32.2. The van der Waals surface area contributed by atoms with Gasteiger partial charge in [-0.1, -0.05) is 13.0 Å². The Morgan fingerprint density at radius 2 is 1.72 bits per heavy atom. The van der Waals surface area contributed by atoms with Crippen molar-refractivity contribution in [2.75, 3.05) is 28.9 Å². The lowest BCUT2D eigenvalue weighted by molar-refractivity contribution is 0.102. The summed E-state index contributed by atoms with van der Waals surface area (Å²) in [6.45, 7) is 4.03. The van der Waals surface area contributed by atoms with Gasteiger partial charge in [-0.05, 0) is 62.1 Å². The van der Waals surface area contributed by atoms with Crippen molar-refractivity contribution < 1.29 is 26.0 Å². The van der Waals surface area contributed by atoms with E-state index < -0.39 is 36.7 Å². The molecule has 1 amide bonds. The summed E-state index contributed by atoms with van der Waals surface area (Å²) in [5.41, 5.74) is 1.14. The van der Waals surface area contributed by atoms with Crippen LogP contribution in [-0.2, 0) is 20.0 Å². The third-order valence-electron chi connectivity index (χ3n) is 5.20. The van der Waals surface area contributed by atoms with Gasteiger partial charge in [0.25, 0.3) is 5.91 Å². The second-order valence-corrected chi connectivity index (χ2v) is 11.4. The van der Waals surface area contributed by atoms with E-state index in [1.54, 1.807) is 32.0 Å². The lowest BCUT2D eigenvalue weighted by atomic mass is 10.1. The van der Waals surface area contributed by atoms with Crippen LogP contribution in [0, 0.1) is 12.7 Å². The average molecular weight is 484 g/mol. The highest BCUT2D eigenvalue weighted by Gasteiger charge is 2.30. The van der Waals surface area contributed by atoms with Gasteiger partial charge < -0.3 is 5.32 Å². The van der Waals surface area contributed by atoms with Gasteiger partial charge in [0.2, 0.25) is 20.0 Å². The zero-order valence-corrected chi connectivity index (χ0v) is 19.5. The van der Waals surface area contributed by atoms with Crippen LogP contribution in [0.25, 0.3) is 0 Å². The molecule has 1 aliphatic heterocycles. The molecule has 2 aromatic rings. The van der Waals surface area contributed by atoms with Crippen LogP contribution in [0.1, 0.15) is 42.1 Å². The molecule has 0 bridgehead atoms. The van der Waals surface area contributed by atoms with Crippen LogP contribution < -0.4 is 10.0 Å². The number of carbonyl (C=O) groups excluding carboxylic acids is 1. The highest BCUT2D eigenvalue weighted by Crippen LogP contribution is 2.27. The first kappa shape index (κ1) is 24.1. The molecule has 32 heavy (non-hydrogen) atoms. The van der Waals surface area contributed by atoms with E-state index in [0.717, 1.165) is 12.1 Å². The van der Waals surface area contributed by atoms with Gasteiger partial charge in [-0.3, -0.25) is 9.52 Å². The van der Waals surface area contributed by atoms with Crippen molar-refractivity contribution in [3.63, 3.8) is 0 Å². The SMILES string of the molecule is CCCS(=O)(=O)Nc1cccc(NC(=O)c2ccc(F)c(S(=O)(=O)N3CCCC3)c2)c1C. The zero-order chi connectivity index (χ0) is 23.5. The topological polar surface area (TPSA) is 113 Å². The third-order valence-corrected chi connectivity index (χ3v) is 8.59. The molecule has 0 unspecified atom stereocenters.